The molecular weight excluding hydrogens is 212 g/mol. The SMILES string of the molecule is CC(C)(C)S(C)(C)OCc1cccs1. The maximum Gasteiger partial charge on any atom is 0.0935 e. The van der Waals surface area contributed by atoms with Gasteiger partial charge in [0.1, 0.15) is 0 Å². The van der Waals surface area contributed by atoms with Gasteiger partial charge in [0.15, 0.2) is 0 Å². The molecule has 0 amide bonds. The molecule has 0 fully saturated rings. The van der Waals surface area contributed by atoms with Crippen molar-refractivity contribution < 1.29 is 4.18 Å². The summed E-state index contributed by atoms with van der Waals surface area (Å²) < 4.78 is 6.29. The van der Waals surface area contributed by atoms with Crippen LogP contribution in [-0.2, 0) is 10.8 Å². The van der Waals surface area contributed by atoms with Crippen molar-refractivity contribution in [3.05, 3.63) is 22.4 Å². The molecule has 0 aliphatic rings. The van der Waals surface area contributed by atoms with Crippen molar-refractivity contribution in [3.63, 3.8) is 0 Å². The van der Waals surface area contributed by atoms with E-state index in [9.17, 15) is 0 Å². The van der Waals surface area contributed by atoms with Crippen molar-refractivity contribution in [3.8, 4) is 0 Å². The molecule has 0 saturated carbocycles. The van der Waals surface area contributed by atoms with Crippen molar-refractivity contribution in [2.75, 3.05) is 12.5 Å². The molecular formula is C11H20OS2. The van der Waals surface area contributed by atoms with Crippen molar-refractivity contribution in [2.24, 2.45) is 0 Å². The van der Waals surface area contributed by atoms with Gasteiger partial charge in [0, 0.05) is 9.62 Å². The molecule has 82 valence electrons. The molecule has 0 bridgehead atoms. The summed E-state index contributed by atoms with van der Waals surface area (Å²) in [7, 11) is -0.967. The first-order chi connectivity index (χ1) is 6.33. The second-order valence-electron chi connectivity index (χ2n) is 4.69. The second kappa shape index (κ2) is 4.25. The smallest absolute Gasteiger partial charge is 0.0935 e. The Morgan fingerprint density at radius 2 is 2.00 bits per heavy atom. The minimum atomic E-state index is -0.967. The molecule has 0 aliphatic heterocycles. The summed E-state index contributed by atoms with van der Waals surface area (Å²) in [5.41, 5.74) is 0. The Morgan fingerprint density at radius 1 is 1.36 bits per heavy atom. The molecule has 0 unspecified atom stereocenters. The zero-order valence-corrected chi connectivity index (χ0v) is 11.3. The number of thiophene rings is 1. The fourth-order valence-electron chi connectivity index (χ4n) is 0.777. The third-order valence-electron chi connectivity index (χ3n) is 2.55. The highest BCUT2D eigenvalue weighted by Gasteiger charge is 2.28. The van der Waals surface area contributed by atoms with Gasteiger partial charge in [0.05, 0.1) is 6.61 Å². The third-order valence-corrected chi connectivity index (χ3v) is 7.06. The van der Waals surface area contributed by atoms with Crippen molar-refractivity contribution in [1.29, 1.82) is 0 Å². The molecule has 14 heavy (non-hydrogen) atoms. The largest absolute Gasteiger partial charge is 0.331 e. The van der Waals surface area contributed by atoms with Gasteiger partial charge >= 0.3 is 0 Å². The fourth-order valence-corrected chi connectivity index (χ4v) is 2.24. The van der Waals surface area contributed by atoms with E-state index in [2.05, 4.69) is 50.8 Å². The highest BCUT2D eigenvalue weighted by atomic mass is 32.3. The average Bonchev–Trinajstić information content (AvgIpc) is 2.50. The summed E-state index contributed by atoms with van der Waals surface area (Å²) in [5.74, 6) is 0. The average molecular weight is 232 g/mol. The van der Waals surface area contributed by atoms with Gasteiger partial charge in [-0.2, -0.15) is 0 Å². The summed E-state index contributed by atoms with van der Waals surface area (Å²) in [5, 5.41) is 2.10. The normalized spacial score (nSPS) is 14.4. The van der Waals surface area contributed by atoms with Crippen LogP contribution in [0.5, 0.6) is 0 Å². The van der Waals surface area contributed by atoms with Crippen LogP contribution in [0, 0.1) is 0 Å². The Kier molecular flexibility index (Phi) is 3.67. The molecule has 0 atom stereocenters. The lowest BCUT2D eigenvalue weighted by Gasteiger charge is -2.43. The monoisotopic (exact) mass is 232 g/mol. The first-order valence-corrected chi connectivity index (χ1v) is 7.98. The highest BCUT2D eigenvalue weighted by molar-refractivity contribution is 8.29. The maximum atomic E-state index is 6.03. The summed E-state index contributed by atoms with van der Waals surface area (Å²) in [6.07, 6.45) is 4.47. The van der Waals surface area contributed by atoms with E-state index in [0.29, 0.717) is 0 Å². The molecule has 0 aromatic carbocycles. The van der Waals surface area contributed by atoms with Crippen molar-refractivity contribution in [2.45, 2.75) is 32.1 Å². The first kappa shape index (κ1) is 12.1. The molecule has 1 heterocycles. The second-order valence-corrected chi connectivity index (χ2v) is 9.65. The molecule has 3 heteroatoms. The zero-order valence-electron chi connectivity index (χ0n) is 9.66. The Hall–Kier alpha value is 0.01000. The minimum absolute atomic E-state index is 0.254. The summed E-state index contributed by atoms with van der Waals surface area (Å²) in [6.45, 7) is 7.50. The summed E-state index contributed by atoms with van der Waals surface area (Å²) in [6, 6.07) is 4.20. The quantitative estimate of drug-likeness (QED) is 0.764. The van der Waals surface area contributed by atoms with E-state index in [4.69, 9.17) is 4.18 Å². The van der Waals surface area contributed by atoms with E-state index in [1.165, 1.54) is 4.88 Å². The van der Waals surface area contributed by atoms with Gasteiger partial charge < -0.3 is 4.18 Å². The summed E-state index contributed by atoms with van der Waals surface area (Å²) in [4.78, 5) is 1.31. The molecule has 0 N–H and O–H groups in total. The predicted molar refractivity (Wildman–Crippen MR) is 68.3 cm³/mol. The Labute approximate surface area is 93.0 Å². The van der Waals surface area contributed by atoms with Crippen LogP contribution in [0.1, 0.15) is 25.6 Å². The Bertz CT molecular complexity index is 270. The third kappa shape index (κ3) is 3.01. The van der Waals surface area contributed by atoms with Crippen LogP contribution in [0.3, 0.4) is 0 Å². The van der Waals surface area contributed by atoms with Gasteiger partial charge in [0.25, 0.3) is 0 Å². The van der Waals surface area contributed by atoms with Gasteiger partial charge in [0.2, 0.25) is 0 Å². The van der Waals surface area contributed by atoms with Crippen LogP contribution in [0.25, 0.3) is 0 Å². The number of hydrogen-bond acceptors (Lipinski definition) is 2. The van der Waals surface area contributed by atoms with Crippen LogP contribution >= 0.6 is 21.6 Å². The molecule has 1 rings (SSSR count). The summed E-state index contributed by atoms with van der Waals surface area (Å²) >= 11 is 1.76. The zero-order chi connectivity index (χ0) is 10.8. The maximum absolute atomic E-state index is 6.03. The Balaban J connectivity index is 2.53. The first-order valence-electron chi connectivity index (χ1n) is 4.72. The van der Waals surface area contributed by atoms with Crippen molar-refractivity contribution >= 4 is 21.6 Å². The molecule has 1 aromatic heterocycles. The lowest BCUT2D eigenvalue weighted by molar-refractivity contribution is 0.343. The van der Waals surface area contributed by atoms with E-state index < -0.39 is 10.3 Å². The molecule has 0 spiro atoms. The van der Waals surface area contributed by atoms with Crippen LogP contribution < -0.4 is 0 Å². The van der Waals surface area contributed by atoms with E-state index in [0.717, 1.165) is 6.61 Å². The van der Waals surface area contributed by atoms with Gasteiger partial charge in [-0.1, -0.05) is 26.8 Å². The lowest BCUT2D eigenvalue weighted by atomic mass is 10.3. The molecule has 1 aromatic rings. The molecule has 1 nitrogen and oxygen atoms in total. The minimum Gasteiger partial charge on any atom is -0.331 e. The van der Waals surface area contributed by atoms with Crippen LogP contribution in [0.2, 0.25) is 0 Å². The van der Waals surface area contributed by atoms with Gasteiger partial charge in [-0.15, -0.1) is 21.6 Å². The molecule has 0 radical (unpaired) electrons. The highest BCUT2D eigenvalue weighted by Crippen LogP contribution is 2.54. The van der Waals surface area contributed by atoms with Gasteiger partial charge in [-0.25, -0.2) is 0 Å². The van der Waals surface area contributed by atoms with Crippen LogP contribution in [-0.4, -0.2) is 17.3 Å². The molecule has 0 saturated heterocycles. The van der Waals surface area contributed by atoms with E-state index >= 15 is 0 Å². The van der Waals surface area contributed by atoms with Gasteiger partial charge in [-0.3, -0.25) is 0 Å². The van der Waals surface area contributed by atoms with E-state index in [1.54, 1.807) is 11.3 Å². The van der Waals surface area contributed by atoms with Crippen LogP contribution in [0.15, 0.2) is 17.5 Å². The van der Waals surface area contributed by atoms with Gasteiger partial charge in [-0.05, 0) is 24.0 Å². The Morgan fingerprint density at radius 3 is 2.43 bits per heavy atom. The number of hydrogen-bond donors (Lipinski definition) is 0. The van der Waals surface area contributed by atoms with E-state index in [-0.39, 0.29) is 4.75 Å². The fraction of sp³-hybridized carbons (Fsp3) is 0.636. The predicted octanol–water partition coefficient (Wildman–Crippen LogP) is 4.04. The van der Waals surface area contributed by atoms with Crippen LogP contribution in [0.4, 0.5) is 0 Å². The molecule has 0 aliphatic carbocycles. The topological polar surface area (TPSA) is 9.23 Å². The van der Waals surface area contributed by atoms with Crippen molar-refractivity contribution in [1.82, 2.24) is 0 Å². The lowest BCUT2D eigenvalue weighted by Crippen LogP contribution is -2.24. The van der Waals surface area contributed by atoms with E-state index in [1.807, 2.05) is 0 Å². The number of rotatable bonds is 3. The standard InChI is InChI=1S/C11H20OS2/c1-11(2,3)14(4,5)12-9-10-7-6-8-13-10/h6-8H,9H2,1-5H3.